The van der Waals surface area contributed by atoms with Crippen LogP contribution in [0.15, 0.2) is 0 Å². The number of aliphatic carboxylic acids is 1. The van der Waals surface area contributed by atoms with E-state index >= 15 is 0 Å². The summed E-state index contributed by atoms with van der Waals surface area (Å²) in [6.07, 6.45) is 1.97. The third-order valence-electron chi connectivity index (χ3n) is 3.12. The van der Waals surface area contributed by atoms with E-state index in [-0.39, 0.29) is 11.3 Å². The van der Waals surface area contributed by atoms with Crippen LogP contribution in [0.5, 0.6) is 0 Å². The maximum atomic E-state index is 11.1. The molecule has 0 aliphatic carbocycles. The van der Waals surface area contributed by atoms with Gasteiger partial charge in [-0.3, -0.25) is 9.69 Å². The second-order valence-corrected chi connectivity index (χ2v) is 5.93. The number of likely N-dealkylation sites (tertiary alicyclic amines) is 1. The number of rotatable bonds is 4. The second-order valence-electron chi connectivity index (χ2n) is 5.93. The van der Waals surface area contributed by atoms with Crippen LogP contribution in [-0.4, -0.2) is 35.1 Å². The highest BCUT2D eigenvalue weighted by Gasteiger charge is 2.31. The van der Waals surface area contributed by atoms with Crippen molar-refractivity contribution in [2.45, 2.75) is 46.6 Å². The van der Waals surface area contributed by atoms with E-state index in [1.165, 1.54) is 6.42 Å². The molecule has 2 atom stereocenters. The second kappa shape index (κ2) is 4.52. The Morgan fingerprint density at radius 2 is 2.13 bits per heavy atom. The van der Waals surface area contributed by atoms with Gasteiger partial charge in [-0.25, -0.2) is 0 Å². The molecule has 1 fully saturated rings. The first-order valence-electron chi connectivity index (χ1n) is 5.76. The minimum absolute atomic E-state index is 0.0944. The molecule has 1 rings (SSSR count). The Labute approximate surface area is 92.5 Å². The average Bonchev–Trinajstić information content (AvgIpc) is 2.07. The van der Waals surface area contributed by atoms with Crippen molar-refractivity contribution < 1.29 is 9.90 Å². The molecule has 88 valence electrons. The molecular weight excluding hydrogens is 190 g/mol. The Hall–Kier alpha value is -0.570. The Morgan fingerprint density at radius 1 is 1.53 bits per heavy atom. The number of hydrogen-bond acceptors (Lipinski definition) is 2. The van der Waals surface area contributed by atoms with E-state index in [0.29, 0.717) is 12.6 Å². The van der Waals surface area contributed by atoms with Crippen molar-refractivity contribution in [1.82, 2.24) is 4.90 Å². The zero-order chi connectivity index (χ0) is 11.6. The number of carboxylic acid groups (broad SMARTS) is 1. The standard InChI is InChI=1S/C12H23NO2/c1-9-5-6-13(9)8-10(11(14)15)7-12(2,3)4/h9-10H,5-8H2,1-4H3,(H,14,15). The zero-order valence-corrected chi connectivity index (χ0v) is 10.3. The third kappa shape index (κ3) is 3.82. The lowest BCUT2D eigenvalue weighted by Gasteiger charge is -2.40. The number of hydrogen-bond donors (Lipinski definition) is 1. The van der Waals surface area contributed by atoms with Crippen LogP contribution in [0.3, 0.4) is 0 Å². The predicted octanol–water partition coefficient (Wildman–Crippen LogP) is 2.22. The highest BCUT2D eigenvalue weighted by molar-refractivity contribution is 5.70. The first-order chi connectivity index (χ1) is 6.79. The molecule has 3 nitrogen and oxygen atoms in total. The topological polar surface area (TPSA) is 40.5 Å². The van der Waals surface area contributed by atoms with Gasteiger partial charge in [0.2, 0.25) is 0 Å². The molecule has 0 saturated carbocycles. The Bertz CT molecular complexity index is 232. The fourth-order valence-corrected chi connectivity index (χ4v) is 2.09. The van der Waals surface area contributed by atoms with Crippen molar-refractivity contribution in [3.05, 3.63) is 0 Å². The molecule has 1 saturated heterocycles. The highest BCUT2D eigenvalue weighted by atomic mass is 16.4. The molecule has 0 amide bonds. The van der Waals surface area contributed by atoms with E-state index < -0.39 is 5.97 Å². The maximum absolute atomic E-state index is 11.1. The fraction of sp³-hybridized carbons (Fsp3) is 0.917. The summed E-state index contributed by atoms with van der Waals surface area (Å²) in [6, 6.07) is 0.576. The lowest BCUT2D eigenvalue weighted by Crippen LogP contribution is -2.49. The summed E-state index contributed by atoms with van der Waals surface area (Å²) in [5.74, 6) is -0.864. The van der Waals surface area contributed by atoms with Crippen molar-refractivity contribution in [3.63, 3.8) is 0 Å². The van der Waals surface area contributed by atoms with Crippen molar-refractivity contribution in [2.75, 3.05) is 13.1 Å². The molecule has 0 aromatic rings. The van der Waals surface area contributed by atoms with Crippen LogP contribution in [0.4, 0.5) is 0 Å². The van der Waals surface area contributed by atoms with Gasteiger partial charge >= 0.3 is 5.97 Å². The molecule has 1 aliphatic rings. The fourth-order valence-electron chi connectivity index (χ4n) is 2.09. The van der Waals surface area contributed by atoms with Crippen LogP contribution >= 0.6 is 0 Å². The monoisotopic (exact) mass is 213 g/mol. The maximum Gasteiger partial charge on any atom is 0.307 e. The van der Waals surface area contributed by atoms with Crippen molar-refractivity contribution in [1.29, 1.82) is 0 Å². The van der Waals surface area contributed by atoms with Crippen molar-refractivity contribution >= 4 is 5.97 Å². The summed E-state index contributed by atoms with van der Waals surface area (Å²) in [6.45, 7) is 10.2. The summed E-state index contributed by atoms with van der Waals surface area (Å²) in [5.41, 5.74) is 0.0944. The van der Waals surface area contributed by atoms with Gasteiger partial charge in [0.25, 0.3) is 0 Å². The number of carboxylic acids is 1. The summed E-state index contributed by atoms with van der Waals surface area (Å²) in [4.78, 5) is 13.4. The molecule has 2 unspecified atom stereocenters. The van der Waals surface area contributed by atoms with Gasteiger partial charge in [0, 0.05) is 12.6 Å². The van der Waals surface area contributed by atoms with E-state index in [1.54, 1.807) is 0 Å². The van der Waals surface area contributed by atoms with E-state index in [4.69, 9.17) is 5.11 Å². The number of carbonyl (C=O) groups is 1. The lowest BCUT2D eigenvalue weighted by molar-refractivity contribution is -0.144. The van der Waals surface area contributed by atoms with Gasteiger partial charge in [-0.05, 0) is 31.7 Å². The van der Waals surface area contributed by atoms with Crippen LogP contribution in [0.1, 0.15) is 40.5 Å². The highest BCUT2D eigenvalue weighted by Crippen LogP contribution is 2.27. The van der Waals surface area contributed by atoms with Crippen LogP contribution < -0.4 is 0 Å². The molecule has 0 aromatic heterocycles. The quantitative estimate of drug-likeness (QED) is 0.778. The van der Waals surface area contributed by atoms with Gasteiger partial charge in [-0.15, -0.1) is 0 Å². The van der Waals surface area contributed by atoms with Gasteiger partial charge in [0.1, 0.15) is 0 Å². The van der Waals surface area contributed by atoms with Crippen LogP contribution in [0.25, 0.3) is 0 Å². The SMILES string of the molecule is CC1CCN1CC(CC(C)(C)C)C(=O)O. The Kier molecular flexibility index (Phi) is 3.77. The Morgan fingerprint density at radius 3 is 2.40 bits per heavy atom. The van der Waals surface area contributed by atoms with Gasteiger partial charge in [0.05, 0.1) is 5.92 Å². The Balaban J connectivity index is 2.47. The largest absolute Gasteiger partial charge is 0.481 e. The molecule has 0 radical (unpaired) electrons. The lowest BCUT2D eigenvalue weighted by atomic mass is 9.84. The van der Waals surface area contributed by atoms with E-state index in [9.17, 15) is 4.79 Å². The van der Waals surface area contributed by atoms with E-state index in [0.717, 1.165) is 13.0 Å². The van der Waals surface area contributed by atoms with Gasteiger partial charge in [-0.2, -0.15) is 0 Å². The molecule has 0 bridgehead atoms. The van der Waals surface area contributed by atoms with Crippen molar-refractivity contribution in [3.8, 4) is 0 Å². The normalized spacial score (nSPS) is 24.7. The zero-order valence-electron chi connectivity index (χ0n) is 10.3. The molecule has 1 aliphatic heterocycles. The molecular formula is C12H23NO2. The number of nitrogens with zero attached hydrogens (tertiary/aromatic N) is 1. The summed E-state index contributed by atoms with van der Waals surface area (Å²) >= 11 is 0. The summed E-state index contributed by atoms with van der Waals surface area (Å²) in [5, 5.41) is 9.16. The van der Waals surface area contributed by atoms with E-state index in [2.05, 4.69) is 32.6 Å². The molecule has 0 aromatic carbocycles. The smallest absolute Gasteiger partial charge is 0.307 e. The predicted molar refractivity (Wildman–Crippen MR) is 60.8 cm³/mol. The minimum atomic E-state index is -0.649. The first-order valence-corrected chi connectivity index (χ1v) is 5.76. The first kappa shape index (κ1) is 12.5. The van der Waals surface area contributed by atoms with Gasteiger partial charge in [-0.1, -0.05) is 20.8 Å². The third-order valence-corrected chi connectivity index (χ3v) is 3.12. The molecule has 1 heterocycles. The summed E-state index contributed by atoms with van der Waals surface area (Å²) in [7, 11) is 0. The molecule has 1 N–H and O–H groups in total. The van der Waals surface area contributed by atoms with Gasteiger partial charge < -0.3 is 5.11 Å². The van der Waals surface area contributed by atoms with Crippen LogP contribution in [0.2, 0.25) is 0 Å². The average molecular weight is 213 g/mol. The summed E-state index contributed by atoms with van der Waals surface area (Å²) < 4.78 is 0. The van der Waals surface area contributed by atoms with Crippen molar-refractivity contribution in [2.24, 2.45) is 11.3 Å². The van der Waals surface area contributed by atoms with E-state index in [1.807, 2.05) is 0 Å². The van der Waals surface area contributed by atoms with Gasteiger partial charge in [0.15, 0.2) is 0 Å². The van der Waals surface area contributed by atoms with Crippen LogP contribution in [-0.2, 0) is 4.79 Å². The molecule has 0 spiro atoms. The molecule has 3 heteroatoms. The minimum Gasteiger partial charge on any atom is -0.481 e. The van der Waals surface area contributed by atoms with Crippen LogP contribution in [0, 0.1) is 11.3 Å². The molecule has 15 heavy (non-hydrogen) atoms.